The molecule has 0 fully saturated rings. The molecule has 2 aromatic rings. The third kappa shape index (κ3) is 2.53. The molecule has 4 heteroatoms. The zero-order valence-corrected chi connectivity index (χ0v) is 10.5. The predicted octanol–water partition coefficient (Wildman–Crippen LogP) is 2.23. The van der Waals surface area contributed by atoms with Gasteiger partial charge in [0.2, 0.25) is 0 Å². The van der Waals surface area contributed by atoms with Crippen LogP contribution in [0.4, 0.5) is 0 Å². The minimum Gasteiger partial charge on any atom is -0.324 e. The van der Waals surface area contributed by atoms with Gasteiger partial charge in [0.15, 0.2) is 5.82 Å². The Labute approximate surface area is 101 Å². The van der Waals surface area contributed by atoms with Crippen molar-refractivity contribution >= 4 is 0 Å². The van der Waals surface area contributed by atoms with E-state index in [1.807, 2.05) is 12.1 Å². The smallest absolute Gasteiger partial charge is 0.181 e. The summed E-state index contributed by atoms with van der Waals surface area (Å²) in [5.41, 5.74) is 7.97. The second-order valence-corrected chi connectivity index (χ2v) is 5.14. The minimum absolute atomic E-state index is 0.167. The lowest BCUT2D eigenvalue weighted by Crippen LogP contribution is -2.10. The number of rotatable bonds is 2. The minimum atomic E-state index is 0.167. The Balaban J connectivity index is 2.29. The number of aromatic nitrogens is 3. The van der Waals surface area contributed by atoms with Gasteiger partial charge in [-0.05, 0) is 11.0 Å². The van der Waals surface area contributed by atoms with Crippen molar-refractivity contribution < 1.29 is 0 Å². The molecule has 17 heavy (non-hydrogen) atoms. The maximum absolute atomic E-state index is 5.49. The van der Waals surface area contributed by atoms with Crippen molar-refractivity contribution in [2.75, 3.05) is 0 Å². The Morgan fingerprint density at radius 1 is 1.18 bits per heavy atom. The maximum atomic E-state index is 5.49. The van der Waals surface area contributed by atoms with E-state index in [2.05, 4.69) is 48.1 Å². The number of H-pyrrole nitrogens is 1. The van der Waals surface area contributed by atoms with Gasteiger partial charge in [-0.1, -0.05) is 45.0 Å². The lowest BCUT2D eigenvalue weighted by Gasteiger charge is -2.18. The lowest BCUT2D eigenvalue weighted by molar-refractivity contribution is 0.590. The van der Waals surface area contributed by atoms with Crippen LogP contribution in [0.15, 0.2) is 24.3 Å². The summed E-state index contributed by atoms with van der Waals surface area (Å²) in [6.45, 7) is 6.97. The number of hydrogen-bond donors (Lipinski definition) is 2. The van der Waals surface area contributed by atoms with Crippen LogP contribution in [0.25, 0.3) is 11.4 Å². The highest BCUT2D eigenvalue weighted by atomic mass is 15.2. The van der Waals surface area contributed by atoms with Gasteiger partial charge < -0.3 is 5.73 Å². The van der Waals surface area contributed by atoms with Crippen molar-refractivity contribution in [1.82, 2.24) is 15.2 Å². The van der Waals surface area contributed by atoms with Crippen molar-refractivity contribution in [3.63, 3.8) is 0 Å². The highest BCUT2D eigenvalue weighted by Crippen LogP contribution is 2.24. The van der Waals surface area contributed by atoms with E-state index >= 15 is 0 Å². The van der Waals surface area contributed by atoms with Crippen LogP contribution < -0.4 is 5.73 Å². The van der Waals surface area contributed by atoms with Crippen molar-refractivity contribution in [2.45, 2.75) is 32.7 Å². The predicted molar refractivity (Wildman–Crippen MR) is 68.4 cm³/mol. The first-order valence-corrected chi connectivity index (χ1v) is 5.73. The molecule has 0 bridgehead atoms. The molecule has 0 spiro atoms. The van der Waals surface area contributed by atoms with Gasteiger partial charge in [0, 0.05) is 5.56 Å². The number of nitrogens with two attached hydrogens (primary N) is 1. The van der Waals surface area contributed by atoms with Gasteiger partial charge in [0.25, 0.3) is 0 Å². The number of aromatic amines is 1. The highest BCUT2D eigenvalue weighted by molar-refractivity contribution is 5.55. The Morgan fingerprint density at radius 3 is 2.29 bits per heavy atom. The molecule has 1 heterocycles. The summed E-state index contributed by atoms with van der Waals surface area (Å²) >= 11 is 0. The van der Waals surface area contributed by atoms with Crippen molar-refractivity contribution in [3.8, 4) is 11.4 Å². The Bertz CT molecular complexity index is 491. The first kappa shape index (κ1) is 11.8. The fourth-order valence-electron chi connectivity index (χ4n) is 1.63. The van der Waals surface area contributed by atoms with E-state index in [1.165, 1.54) is 5.56 Å². The number of nitrogens with one attached hydrogen (secondary N) is 1. The van der Waals surface area contributed by atoms with Gasteiger partial charge in [-0.2, -0.15) is 5.10 Å². The van der Waals surface area contributed by atoms with Gasteiger partial charge in [-0.25, -0.2) is 4.98 Å². The molecule has 90 valence electrons. The topological polar surface area (TPSA) is 67.6 Å². The molecule has 4 nitrogen and oxygen atoms in total. The van der Waals surface area contributed by atoms with Crippen LogP contribution in [0.1, 0.15) is 32.2 Å². The molecule has 0 aliphatic rings. The SMILES string of the molecule is CC(C)(C)c1ccc(-c2n[nH]c(CN)n2)cc1. The molecule has 0 saturated heterocycles. The summed E-state index contributed by atoms with van der Waals surface area (Å²) < 4.78 is 0. The van der Waals surface area contributed by atoms with Crippen LogP contribution in [-0.2, 0) is 12.0 Å². The zero-order valence-electron chi connectivity index (χ0n) is 10.5. The second-order valence-electron chi connectivity index (χ2n) is 5.14. The molecule has 2 rings (SSSR count). The first-order chi connectivity index (χ1) is 8.00. The Kier molecular flexibility index (Phi) is 2.98. The zero-order chi connectivity index (χ0) is 12.5. The molecule has 0 amide bonds. The van der Waals surface area contributed by atoms with Gasteiger partial charge in [-0.15, -0.1) is 0 Å². The van der Waals surface area contributed by atoms with Crippen LogP contribution in [-0.4, -0.2) is 15.2 Å². The lowest BCUT2D eigenvalue weighted by atomic mass is 9.87. The summed E-state index contributed by atoms with van der Waals surface area (Å²) in [6, 6.07) is 8.33. The third-order valence-electron chi connectivity index (χ3n) is 2.73. The van der Waals surface area contributed by atoms with Crippen LogP contribution >= 0.6 is 0 Å². The molecule has 0 atom stereocenters. The third-order valence-corrected chi connectivity index (χ3v) is 2.73. The summed E-state index contributed by atoms with van der Waals surface area (Å²) in [7, 11) is 0. The van der Waals surface area contributed by atoms with E-state index in [4.69, 9.17) is 5.73 Å². The maximum Gasteiger partial charge on any atom is 0.181 e. The Morgan fingerprint density at radius 2 is 1.82 bits per heavy atom. The summed E-state index contributed by atoms with van der Waals surface area (Å²) in [6.07, 6.45) is 0. The summed E-state index contributed by atoms with van der Waals surface area (Å²) in [5.74, 6) is 1.41. The molecule has 0 aliphatic heterocycles. The summed E-state index contributed by atoms with van der Waals surface area (Å²) in [5, 5.41) is 6.95. The molecular formula is C13H18N4. The van der Waals surface area contributed by atoms with E-state index < -0.39 is 0 Å². The molecule has 0 aliphatic carbocycles. The van der Waals surface area contributed by atoms with Crippen LogP contribution in [0.3, 0.4) is 0 Å². The highest BCUT2D eigenvalue weighted by Gasteiger charge is 2.13. The van der Waals surface area contributed by atoms with Crippen LogP contribution in [0.5, 0.6) is 0 Å². The van der Waals surface area contributed by atoms with Crippen molar-refractivity contribution in [3.05, 3.63) is 35.7 Å². The van der Waals surface area contributed by atoms with E-state index in [-0.39, 0.29) is 5.41 Å². The quantitative estimate of drug-likeness (QED) is 0.831. The normalized spacial score (nSPS) is 11.8. The molecule has 0 radical (unpaired) electrons. The fourth-order valence-corrected chi connectivity index (χ4v) is 1.63. The van der Waals surface area contributed by atoms with E-state index in [0.717, 1.165) is 5.56 Å². The van der Waals surface area contributed by atoms with Crippen LogP contribution in [0.2, 0.25) is 0 Å². The number of nitrogens with zero attached hydrogens (tertiary/aromatic N) is 2. The molecular weight excluding hydrogens is 212 g/mol. The van der Waals surface area contributed by atoms with Gasteiger partial charge in [0.1, 0.15) is 5.82 Å². The first-order valence-electron chi connectivity index (χ1n) is 5.73. The Hall–Kier alpha value is -1.68. The van der Waals surface area contributed by atoms with Gasteiger partial charge >= 0.3 is 0 Å². The van der Waals surface area contributed by atoms with E-state index in [9.17, 15) is 0 Å². The van der Waals surface area contributed by atoms with Crippen LogP contribution in [0, 0.1) is 0 Å². The van der Waals surface area contributed by atoms with E-state index in [1.54, 1.807) is 0 Å². The standard InChI is InChI=1S/C13H18N4/c1-13(2,3)10-6-4-9(5-7-10)12-15-11(8-14)16-17-12/h4-7H,8,14H2,1-3H3,(H,15,16,17). The van der Waals surface area contributed by atoms with Gasteiger partial charge in [-0.3, -0.25) is 5.10 Å². The molecule has 3 N–H and O–H groups in total. The fraction of sp³-hybridized carbons (Fsp3) is 0.385. The molecule has 1 aromatic carbocycles. The number of hydrogen-bond acceptors (Lipinski definition) is 3. The largest absolute Gasteiger partial charge is 0.324 e. The monoisotopic (exact) mass is 230 g/mol. The van der Waals surface area contributed by atoms with E-state index in [0.29, 0.717) is 18.2 Å². The van der Waals surface area contributed by atoms with Crippen molar-refractivity contribution in [2.24, 2.45) is 5.73 Å². The average molecular weight is 230 g/mol. The van der Waals surface area contributed by atoms with Crippen molar-refractivity contribution in [1.29, 1.82) is 0 Å². The molecule has 1 aromatic heterocycles. The molecule has 0 unspecified atom stereocenters. The average Bonchev–Trinajstić information content (AvgIpc) is 2.76. The van der Waals surface area contributed by atoms with Gasteiger partial charge in [0.05, 0.1) is 6.54 Å². The second kappa shape index (κ2) is 4.30. The molecule has 0 saturated carbocycles. The summed E-state index contributed by atoms with van der Waals surface area (Å²) in [4.78, 5) is 4.30. The number of benzene rings is 1.